The van der Waals surface area contributed by atoms with Crippen LogP contribution in [0.1, 0.15) is 12.8 Å². The molecule has 3 rings (SSSR count). The number of Topliss-reactive ketones (excluding diaryl/α,β-unsaturated/α-hetero) is 1. The molecule has 7 heteroatoms. The molecule has 4 N–H and O–H groups in total. The molecular formula is C16H18N6O. The van der Waals surface area contributed by atoms with Crippen molar-refractivity contribution in [3.63, 3.8) is 0 Å². The lowest BCUT2D eigenvalue weighted by Crippen LogP contribution is -2.19. The first-order chi connectivity index (χ1) is 11.2. The van der Waals surface area contributed by atoms with E-state index in [1.54, 1.807) is 16.7 Å². The third kappa shape index (κ3) is 3.19. The van der Waals surface area contributed by atoms with Gasteiger partial charge in [0.05, 0.1) is 11.9 Å². The van der Waals surface area contributed by atoms with Crippen molar-refractivity contribution in [2.45, 2.75) is 12.8 Å². The fraction of sp³-hybridized carbons (Fsp3) is 0.250. The fourth-order valence-corrected chi connectivity index (χ4v) is 2.34. The van der Waals surface area contributed by atoms with Crippen LogP contribution < -0.4 is 11.1 Å². The monoisotopic (exact) mass is 310 g/mol. The van der Waals surface area contributed by atoms with Gasteiger partial charge in [0.2, 0.25) is 0 Å². The largest absolute Gasteiger partial charge is 0.367 e. The molecule has 0 fully saturated rings. The lowest BCUT2D eigenvalue weighted by molar-refractivity contribution is -0.111. The summed E-state index contributed by atoms with van der Waals surface area (Å²) in [5, 5.41) is 15.2. The molecule has 0 amide bonds. The molecule has 0 radical (unpaired) electrons. The van der Waals surface area contributed by atoms with Crippen molar-refractivity contribution in [1.29, 1.82) is 5.41 Å². The Bertz CT molecular complexity index is 817. The van der Waals surface area contributed by atoms with Gasteiger partial charge in [0.25, 0.3) is 0 Å². The highest BCUT2D eigenvalue weighted by Gasteiger charge is 2.18. The second-order valence-electron chi connectivity index (χ2n) is 5.25. The quantitative estimate of drug-likeness (QED) is 0.730. The van der Waals surface area contributed by atoms with E-state index in [0.29, 0.717) is 36.0 Å². The van der Waals surface area contributed by atoms with Crippen molar-refractivity contribution < 1.29 is 4.79 Å². The Morgan fingerprint density at radius 1 is 1.39 bits per heavy atom. The van der Waals surface area contributed by atoms with Crippen LogP contribution in [-0.2, 0) is 4.79 Å². The van der Waals surface area contributed by atoms with Crippen LogP contribution >= 0.6 is 0 Å². The molecule has 0 saturated heterocycles. The van der Waals surface area contributed by atoms with Gasteiger partial charge in [-0.3, -0.25) is 4.79 Å². The summed E-state index contributed by atoms with van der Waals surface area (Å²) in [6, 6.07) is 5.69. The first-order valence-corrected chi connectivity index (χ1v) is 7.48. The van der Waals surface area contributed by atoms with E-state index in [9.17, 15) is 4.79 Å². The molecule has 118 valence electrons. The second kappa shape index (κ2) is 6.53. The van der Waals surface area contributed by atoms with Crippen LogP contribution in [0.5, 0.6) is 0 Å². The van der Waals surface area contributed by atoms with Crippen molar-refractivity contribution in [2.24, 2.45) is 10.7 Å². The average molecular weight is 310 g/mol. The van der Waals surface area contributed by atoms with Gasteiger partial charge in [-0.1, -0.05) is 6.07 Å². The minimum absolute atomic E-state index is 0.0878. The maximum absolute atomic E-state index is 12.1. The average Bonchev–Trinajstić information content (AvgIpc) is 2.88. The fourth-order valence-electron chi connectivity index (χ4n) is 2.34. The number of pyridine rings is 1. The second-order valence-corrected chi connectivity index (χ2v) is 5.25. The van der Waals surface area contributed by atoms with E-state index in [1.807, 2.05) is 24.4 Å². The third-order valence-corrected chi connectivity index (χ3v) is 3.50. The Labute approximate surface area is 133 Å². The van der Waals surface area contributed by atoms with E-state index in [2.05, 4.69) is 15.4 Å². The lowest BCUT2D eigenvalue weighted by atomic mass is 10.0. The van der Waals surface area contributed by atoms with Gasteiger partial charge in [-0.25, -0.2) is 9.51 Å². The molecule has 1 aliphatic carbocycles. The number of ketones is 1. The van der Waals surface area contributed by atoms with Crippen LogP contribution in [0, 0.1) is 5.41 Å². The summed E-state index contributed by atoms with van der Waals surface area (Å²) < 4.78 is 1.73. The molecule has 0 aromatic carbocycles. The number of anilines is 1. The summed E-state index contributed by atoms with van der Waals surface area (Å²) in [7, 11) is 0. The minimum atomic E-state index is -0.152. The Balaban J connectivity index is 2.04. The zero-order valence-electron chi connectivity index (χ0n) is 12.6. The van der Waals surface area contributed by atoms with Gasteiger partial charge < -0.3 is 16.5 Å². The highest BCUT2D eigenvalue weighted by atomic mass is 16.1. The van der Waals surface area contributed by atoms with Crippen LogP contribution in [0.25, 0.3) is 5.52 Å². The number of nitrogens with two attached hydrogens (primary N) is 1. The number of nitrogens with one attached hydrogen (secondary N) is 2. The molecule has 23 heavy (non-hydrogen) atoms. The van der Waals surface area contributed by atoms with E-state index in [-0.39, 0.29) is 12.2 Å². The molecule has 0 aliphatic heterocycles. The van der Waals surface area contributed by atoms with Crippen LogP contribution in [0.4, 0.5) is 11.5 Å². The predicted molar refractivity (Wildman–Crippen MR) is 90.9 cm³/mol. The molecule has 0 bridgehead atoms. The van der Waals surface area contributed by atoms with Gasteiger partial charge >= 0.3 is 0 Å². The summed E-state index contributed by atoms with van der Waals surface area (Å²) in [5.41, 5.74) is 7.61. The van der Waals surface area contributed by atoms with E-state index < -0.39 is 0 Å². The Morgan fingerprint density at radius 2 is 2.26 bits per heavy atom. The molecule has 0 spiro atoms. The number of hydrogen-bond acceptors (Lipinski definition) is 6. The Kier molecular flexibility index (Phi) is 4.29. The SMILES string of the molecule is N=C1C=CC(=Nc2c(NCCCN)nn3ccccc23)C(=O)C1. The van der Waals surface area contributed by atoms with Crippen LogP contribution in [0.2, 0.25) is 0 Å². The first-order valence-electron chi connectivity index (χ1n) is 7.48. The summed E-state index contributed by atoms with van der Waals surface area (Å²) in [4.78, 5) is 16.6. The van der Waals surface area contributed by atoms with Crippen molar-refractivity contribution in [2.75, 3.05) is 18.4 Å². The zero-order valence-corrected chi connectivity index (χ0v) is 12.6. The Hall–Kier alpha value is -2.80. The van der Waals surface area contributed by atoms with Crippen molar-refractivity contribution in [3.05, 3.63) is 36.5 Å². The van der Waals surface area contributed by atoms with Crippen LogP contribution in [-0.4, -0.2) is 39.9 Å². The molecule has 1 aliphatic rings. The number of aromatic nitrogens is 2. The first kappa shape index (κ1) is 15.1. The lowest BCUT2D eigenvalue weighted by Gasteiger charge is -2.07. The van der Waals surface area contributed by atoms with E-state index in [4.69, 9.17) is 11.1 Å². The Morgan fingerprint density at radius 3 is 3.04 bits per heavy atom. The van der Waals surface area contributed by atoms with Gasteiger partial charge in [-0.05, 0) is 37.3 Å². The molecule has 0 atom stereocenters. The molecule has 0 saturated carbocycles. The molecule has 2 aromatic heterocycles. The van der Waals surface area contributed by atoms with E-state index in [1.165, 1.54) is 0 Å². The number of carbonyl (C=O) groups is 1. The third-order valence-electron chi connectivity index (χ3n) is 3.50. The smallest absolute Gasteiger partial charge is 0.187 e. The standard InChI is InChI=1S/C16H18N6O/c17-7-3-8-19-16-15(13-4-1-2-9-22(13)21-16)20-12-6-5-11(18)10-14(12)23/h1-2,4-6,9,18H,3,7-8,10,17H2,(H,19,21). The minimum Gasteiger partial charge on any atom is -0.367 e. The summed E-state index contributed by atoms with van der Waals surface area (Å²) in [6.07, 6.45) is 5.93. The number of aliphatic imine (C=N–C) groups is 1. The number of allylic oxidation sites excluding steroid dienone is 2. The van der Waals surface area contributed by atoms with Crippen molar-refractivity contribution in [3.8, 4) is 0 Å². The highest BCUT2D eigenvalue weighted by Crippen LogP contribution is 2.30. The number of nitrogens with zero attached hydrogens (tertiary/aromatic N) is 3. The van der Waals surface area contributed by atoms with E-state index >= 15 is 0 Å². The number of hydrogen-bond donors (Lipinski definition) is 3. The summed E-state index contributed by atoms with van der Waals surface area (Å²) >= 11 is 0. The van der Waals surface area contributed by atoms with Crippen LogP contribution in [0.15, 0.2) is 41.5 Å². The molecule has 0 unspecified atom stereocenters. The summed E-state index contributed by atoms with van der Waals surface area (Å²) in [5.74, 6) is 0.472. The highest BCUT2D eigenvalue weighted by molar-refractivity contribution is 6.50. The normalized spacial score (nSPS) is 16.5. The maximum atomic E-state index is 12.1. The van der Waals surface area contributed by atoms with Gasteiger partial charge in [0.15, 0.2) is 11.6 Å². The van der Waals surface area contributed by atoms with Gasteiger partial charge in [-0.15, -0.1) is 5.10 Å². The van der Waals surface area contributed by atoms with Crippen LogP contribution in [0.3, 0.4) is 0 Å². The van der Waals surface area contributed by atoms with Crippen molar-refractivity contribution >= 4 is 34.2 Å². The topological polar surface area (TPSA) is 109 Å². The number of rotatable bonds is 5. The molecular weight excluding hydrogens is 292 g/mol. The van der Waals surface area contributed by atoms with E-state index in [0.717, 1.165) is 11.9 Å². The number of carbonyl (C=O) groups excluding carboxylic acids is 1. The number of fused-ring (bicyclic) bond motifs is 1. The molecule has 2 heterocycles. The van der Waals surface area contributed by atoms with Crippen molar-refractivity contribution in [1.82, 2.24) is 9.61 Å². The van der Waals surface area contributed by atoms with Gasteiger partial charge in [-0.2, -0.15) is 0 Å². The predicted octanol–water partition coefficient (Wildman–Crippen LogP) is 1.72. The van der Waals surface area contributed by atoms with Gasteiger partial charge in [0.1, 0.15) is 11.4 Å². The van der Waals surface area contributed by atoms with Gasteiger partial charge in [0, 0.05) is 18.5 Å². The molecule has 7 nitrogen and oxygen atoms in total. The zero-order chi connectivity index (χ0) is 16.2. The molecule has 2 aromatic rings. The maximum Gasteiger partial charge on any atom is 0.187 e. The summed E-state index contributed by atoms with van der Waals surface area (Å²) in [6.45, 7) is 1.28.